The Morgan fingerprint density at radius 1 is 1.33 bits per heavy atom. The predicted octanol–water partition coefficient (Wildman–Crippen LogP) is 2.05. The van der Waals surface area contributed by atoms with Crippen molar-refractivity contribution in [2.75, 3.05) is 0 Å². The molecule has 0 fully saturated rings. The third kappa shape index (κ3) is 3.98. The Hall–Kier alpha value is -3.00. The fourth-order valence-electron chi connectivity index (χ4n) is 1.73. The van der Waals surface area contributed by atoms with E-state index in [1.54, 1.807) is 30.3 Å². The number of rotatable bonds is 5. The van der Waals surface area contributed by atoms with Crippen LogP contribution in [0.15, 0.2) is 53.5 Å². The van der Waals surface area contributed by atoms with Crippen LogP contribution in [-0.4, -0.2) is 15.6 Å². The van der Waals surface area contributed by atoms with Crippen LogP contribution in [0.4, 0.5) is 0 Å². The van der Waals surface area contributed by atoms with Crippen LogP contribution in [0.25, 0.3) is 6.08 Å². The highest BCUT2D eigenvalue weighted by Crippen LogP contribution is 2.03. The van der Waals surface area contributed by atoms with Crippen molar-refractivity contribution < 1.29 is 4.79 Å². The number of nitrogens with zero attached hydrogens (tertiary/aromatic N) is 3. The number of allylic oxidation sites excluding steroid dienone is 1. The second-order valence-corrected chi connectivity index (χ2v) is 4.32. The summed E-state index contributed by atoms with van der Waals surface area (Å²) >= 11 is 0. The lowest BCUT2D eigenvalue weighted by Gasteiger charge is -2.00. The van der Waals surface area contributed by atoms with Crippen LogP contribution in [0.3, 0.4) is 0 Å². The van der Waals surface area contributed by atoms with Gasteiger partial charge in [0.1, 0.15) is 0 Å². The molecule has 0 radical (unpaired) electrons. The van der Waals surface area contributed by atoms with E-state index < -0.39 is 0 Å². The van der Waals surface area contributed by atoms with Crippen molar-refractivity contribution in [3.05, 3.63) is 70.2 Å². The predicted molar refractivity (Wildman–Crippen MR) is 78.5 cm³/mol. The van der Waals surface area contributed by atoms with Crippen LogP contribution in [-0.2, 0) is 6.54 Å². The standard InChI is InChI=1S/C16H13N3O2/c17-9-4-10-19-16(21)11-13(12-18-19)7-8-15(20)14-5-2-1-3-6-14/h1-3,5-8,11-12H,4,10H2/b8-7+. The molecule has 5 nitrogen and oxygen atoms in total. The van der Waals surface area contributed by atoms with Crippen molar-refractivity contribution in [3.63, 3.8) is 0 Å². The maximum absolute atomic E-state index is 11.9. The first kappa shape index (κ1) is 14.4. The Labute approximate surface area is 121 Å². The van der Waals surface area contributed by atoms with Gasteiger partial charge in [0.05, 0.1) is 25.2 Å². The van der Waals surface area contributed by atoms with Crippen LogP contribution in [0, 0.1) is 11.3 Å². The summed E-state index contributed by atoms with van der Waals surface area (Å²) in [5.41, 5.74) is 0.848. The lowest BCUT2D eigenvalue weighted by atomic mass is 10.1. The molecule has 0 spiro atoms. The summed E-state index contributed by atoms with van der Waals surface area (Å²) in [6.45, 7) is 0.266. The SMILES string of the molecule is N#CCCn1ncc(/C=C/C(=O)c2ccccc2)cc1=O. The Morgan fingerprint density at radius 2 is 2.10 bits per heavy atom. The zero-order chi connectivity index (χ0) is 15.1. The number of aryl methyl sites for hydroxylation is 1. The van der Waals surface area contributed by atoms with Gasteiger partial charge in [0.2, 0.25) is 0 Å². The normalized spacial score (nSPS) is 10.4. The van der Waals surface area contributed by atoms with Crippen molar-refractivity contribution in [1.82, 2.24) is 9.78 Å². The third-order valence-electron chi connectivity index (χ3n) is 2.81. The molecule has 21 heavy (non-hydrogen) atoms. The first-order valence-electron chi connectivity index (χ1n) is 6.42. The van der Waals surface area contributed by atoms with Gasteiger partial charge in [-0.2, -0.15) is 10.4 Å². The molecule has 0 atom stereocenters. The number of carbonyl (C=O) groups excluding carboxylic acids is 1. The highest BCUT2D eigenvalue weighted by Gasteiger charge is 2.01. The van der Waals surface area contributed by atoms with E-state index in [1.165, 1.54) is 23.0 Å². The molecule has 1 aromatic carbocycles. The highest BCUT2D eigenvalue weighted by atomic mass is 16.1. The lowest BCUT2D eigenvalue weighted by Crippen LogP contribution is -2.21. The van der Waals surface area contributed by atoms with Gasteiger partial charge in [0, 0.05) is 17.2 Å². The summed E-state index contributed by atoms with van der Waals surface area (Å²) in [6, 6.07) is 12.2. The van der Waals surface area contributed by atoms with Crippen LogP contribution >= 0.6 is 0 Å². The van der Waals surface area contributed by atoms with Crippen LogP contribution in [0.2, 0.25) is 0 Å². The van der Waals surface area contributed by atoms with E-state index in [9.17, 15) is 9.59 Å². The molecule has 0 saturated heterocycles. The lowest BCUT2D eigenvalue weighted by molar-refractivity contribution is 0.104. The van der Waals surface area contributed by atoms with Gasteiger partial charge < -0.3 is 0 Å². The first-order chi connectivity index (χ1) is 10.2. The molecule has 0 unspecified atom stereocenters. The molecule has 2 rings (SSSR count). The monoisotopic (exact) mass is 279 g/mol. The number of benzene rings is 1. The maximum Gasteiger partial charge on any atom is 0.267 e. The van der Waals surface area contributed by atoms with E-state index in [4.69, 9.17) is 5.26 Å². The second-order valence-electron chi connectivity index (χ2n) is 4.32. The molecule has 5 heteroatoms. The summed E-state index contributed by atoms with van der Waals surface area (Å²) in [7, 11) is 0. The zero-order valence-corrected chi connectivity index (χ0v) is 11.3. The van der Waals surface area contributed by atoms with Gasteiger partial charge in [0.15, 0.2) is 5.78 Å². The average Bonchev–Trinajstić information content (AvgIpc) is 2.52. The van der Waals surface area contributed by atoms with Gasteiger partial charge in [-0.05, 0) is 12.2 Å². The van der Waals surface area contributed by atoms with E-state index in [-0.39, 0.29) is 24.3 Å². The molecule has 2 aromatic rings. The molecule has 0 N–H and O–H groups in total. The van der Waals surface area contributed by atoms with Crippen LogP contribution < -0.4 is 5.56 Å². The molecule has 1 aromatic heterocycles. The number of nitriles is 1. The molecular formula is C16H13N3O2. The quantitative estimate of drug-likeness (QED) is 0.620. The van der Waals surface area contributed by atoms with Crippen molar-refractivity contribution in [3.8, 4) is 6.07 Å². The first-order valence-corrected chi connectivity index (χ1v) is 6.42. The van der Waals surface area contributed by atoms with Gasteiger partial charge in [-0.25, -0.2) is 4.68 Å². The van der Waals surface area contributed by atoms with Gasteiger partial charge in [-0.1, -0.05) is 30.3 Å². The van der Waals surface area contributed by atoms with Crippen molar-refractivity contribution in [2.24, 2.45) is 0 Å². The smallest absolute Gasteiger partial charge is 0.267 e. The van der Waals surface area contributed by atoms with E-state index >= 15 is 0 Å². The van der Waals surface area contributed by atoms with Crippen molar-refractivity contribution in [1.29, 1.82) is 5.26 Å². The van der Waals surface area contributed by atoms with Crippen molar-refractivity contribution >= 4 is 11.9 Å². The highest BCUT2D eigenvalue weighted by molar-refractivity contribution is 6.06. The zero-order valence-electron chi connectivity index (χ0n) is 11.3. The molecule has 0 amide bonds. The fourth-order valence-corrected chi connectivity index (χ4v) is 1.73. The fraction of sp³-hybridized carbons (Fsp3) is 0.125. The molecule has 0 aliphatic carbocycles. The molecule has 1 heterocycles. The number of carbonyl (C=O) groups is 1. The number of hydrogen-bond donors (Lipinski definition) is 0. The number of hydrogen-bond acceptors (Lipinski definition) is 4. The molecule has 0 saturated carbocycles. The van der Waals surface area contributed by atoms with Crippen LogP contribution in [0.5, 0.6) is 0 Å². The van der Waals surface area contributed by atoms with Gasteiger partial charge in [0.25, 0.3) is 5.56 Å². The Kier molecular flexibility index (Phi) is 4.78. The van der Waals surface area contributed by atoms with Gasteiger partial charge in [-0.3, -0.25) is 9.59 Å². The van der Waals surface area contributed by atoms with E-state index in [1.807, 2.05) is 12.1 Å². The van der Waals surface area contributed by atoms with Gasteiger partial charge in [-0.15, -0.1) is 0 Å². The topological polar surface area (TPSA) is 75.8 Å². The molecule has 0 aliphatic heterocycles. The summed E-state index contributed by atoms with van der Waals surface area (Å²) in [5, 5.41) is 12.4. The average molecular weight is 279 g/mol. The Bertz CT molecular complexity index is 755. The Balaban J connectivity index is 2.12. The third-order valence-corrected chi connectivity index (χ3v) is 2.81. The molecular weight excluding hydrogens is 266 g/mol. The summed E-state index contributed by atoms with van der Waals surface area (Å²) in [5.74, 6) is -0.135. The van der Waals surface area contributed by atoms with E-state index in [0.29, 0.717) is 11.1 Å². The Morgan fingerprint density at radius 3 is 2.76 bits per heavy atom. The number of ketones is 1. The van der Waals surface area contributed by atoms with Crippen molar-refractivity contribution in [2.45, 2.75) is 13.0 Å². The molecule has 0 bridgehead atoms. The molecule has 104 valence electrons. The minimum Gasteiger partial charge on any atom is -0.289 e. The summed E-state index contributed by atoms with van der Waals surface area (Å²) < 4.78 is 1.22. The summed E-state index contributed by atoms with van der Waals surface area (Å²) in [4.78, 5) is 23.6. The minimum atomic E-state index is -0.292. The van der Waals surface area contributed by atoms with Crippen LogP contribution in [0.1, 0.15) is 22.3 Å². The van der Waals surface area contributed by atoms with E-state index in [0.717, 1.165) is 0 Å². The number of aromatic nitrogens is 2. The maximum atomic E-state index is 11.9. The summed E-state index contributed by atoms with van der Waals surface area (Å²) in [6.07, 6.45) is 4.69. The van der Waals surface area contributed by atoms with E-state index in [2.05, 4.69) is 5.10 Å². The minimum absolute atomic E-state index is 0.135. The largest absolute Gasteiger partial charge is 0.289 e. The second kappa shape index (κ2) is 6.96. The van der Waals surface area contributed by atoms with Gasteiger partial charge >= 0.3 is 0 Å². The molecule has 0 aliphatic rings.